The lowest BCUT2D eigenvalue weighted by Crippen LogP contribution is -2.27. The van der Waals surface area contributed by atoms with Crippen molar-refractivity contribution < 1.29 is 4.79 Å². The molecular weight excluding hydrogens is 312 g/mol. The highest BCUT2D eigenvalue weighted by Gasteiger charge is 2.19. The Kier molecular flexibility index (Phi) is 4.65. The molecule has 5 nitrogen and oxygen atoms in total. The van der Waals surface area contributed by atoms with E-state index in [0.29, 0.717) is 5.69 Å². The summed E-state index contributed by atoms with van der Waals surface area (Å²) in [5, 5.41) is 11.2. The highest BCUT2D eigenvalue weighted by Crippen LogP contribution is 2.17. The van der Waals surface area contributed by atoms with Crippen molar-refractivity contribution in [2.24, 2.45) is 0 Å². The monoisotopic (exact) mass is 334 g/mol. The van der Waals surface area contributed by atoms with E-state index in [9.17, 15) is 4.79 Å². The lowest BCUT2D eigenvalue weighted by atomic mass is 10.1. The summed E-state index contributed by atoms with van der Waals surface area (Å²) in [5.41, 5.74) is 5.42. The van der Waals surface area contributed by atoms with Crippen molar-refractivity contribution in [1.29, 1.82) is 0 Å². The molecule has 3 aromatic rings. The minimum absolute atomic E-state index is 0.0973. The van der Waals surface area contributed by atoms with Gasteiger partial charge in [-0.15, -0.1) is 5.10 Å². The standard InChI is InChI=1S/C20H22N4O/c1-13-10-11-18(12-14(13)2)24-16(4)19(22-23-24)20(25)21-15(3)17-8-6-5-7-9-17/h5-12,15H,1-4H3,(H,21,25). The smallest absolute Gasteiger partial charge is 0.274 e. The maximum atomic E-state index is 12.6. The van der Waals surface area contributed by atoms with Crippen molar-refractivity contribution >= 4 is 5.91 Å². The highest BCUT2D eigenvalue weighted by molar-refractivity contribution is 5.93. The molecule has 5 heteroatoms. The van der Waals surface area contributed by atoms with Crippen LogP contribution in [0.2, 0.25) is 0 Å². The second kappa shape index (κ2) is 6.89. The Balaban J connectivity index is 1.83. The molecule has 0 fully saturated rings. The van der Waals surface area contributed by atoms with E-state index in [1.165, 1.54) is 11.1 Å². The van der Waals surface area contributed by atoms with Crippen molar-refractivity contribution in [2.75, 3.05) is 0 Å². The molecule has 0 saturated carbocycles. The third-order valence-electron chi connectivity index (χ3n) is 4.49. The molecule has 0 aliphatic heterocycles. The number of aromatic nitrogens is 3. The van der Waals surface area contributed by atoms with Crippen molar-refractivity contribution in [3.8, 4) is 5.69 Å². The molecule has 25 heavy (non-hydrogen) atoms. The van der Waals surface area contributed by atoms with E-state index in [1.54, 1.807) is 4.68 Å². The van der Waals surface area contributed by atoms with Gasteiger partial charge in [-0.05, 0) is 56.5 Å². The van der Waals surface area contributed by atoms with E-state index in [0.717, 1.165) is 16.9 Å². The molecule has 1 heterocycles. The molecule has 0 radical (unpaired) electrons. The molecule has 0 aliphatic rings. The summed E-state index contributed by atoms with van der Waals surface area (Å²) in [4.78, 5) is 12.6. The summed E-state index contributed by atoms with van der Waals surface area (Å²) in [5.74, 6) is -0.219. The third kappa shape index (κ3) is 3.45. The Morgan fingerprint density at radius 3 is 2.44 bits per heavy atom. The fourth-order valence-corrected chi connectivity index (χ4v) is 2.73. The van der Waals surface area contributed by atoms with Crippen LogP contribution < -0.4 is 5.32 Å². The molecule has 0 bridgehead atoms. The summed E-state index contributed by atoms with van der Waals surface area (Å²) in [7, 11) is 0. The highest BCUT2D eigenvalue weighted by atomic mass is 16.2. The fraction of sp³-hybridized carbons (Fsp3) is 0.250. The van der Waals surface area contributed by atoms with Crippen LogP contribution in [0.3, 0.4) is 0 Å². The van der Waals surface area contributed by atoms with E-state index in [-0.39, 0.29) is 11.9 Å². The van der Waals surface area contributed by atoms with Gasteiger partial charge in [0, 0.05) is 0 Å². The van der Waals surface area contributed by atoms with Crippen LogP contribution in [0, 0.1) is 20.8 Å². The third-order valence-corrected chi connectivity index (χ3v) is 4.49. The van der Waals surface area contributed by atoms with Crippen LogP contribution in [0.1, 0.15) is 45.8 Å². The van der Waals surface area contributed by atoms with Gasteiger partial charge in [-0.3, -0.25) is 4.79 Å². The van der Waals surface area contributed by atoms with Gasteiger partial charge in [-0.1, -0.05) is 41.6 Å². The first-order valence-electron chi connectivity index (χ1n) is 8.33. The zero-order valence-electron chi connectivity index (χ0n) is 14.9. The Morgan fingerprint density at radius 1 is 1.04 bits per heavy atom. The van der Waals surface area contributed by atoms with Gasteiger partial charge in [0.05, 0.1) is 17.4 Å². The summed E-state index contributed by atoms with van der Waals surface area (Å²) >= 11 is 0. The van der Waals surface area contributed by atoms with Gasteiger partial charge in [0.25, 0.3) is 5.91 Å². The number of nitrogens with one attached hydrogen (secondary N) is 1. The van der Waals surface area contributed by atoms with Crippen molar-refractivity contribution in [1.82, 2.24) is 20.3 Å². The van der Waals surface area contributed by atoms with Gasteiger partial charge in [-0.25, -0.2) is 4.68 Å². The van der Waals surface area contributed by atoms with Gasteiger partial charge in [0.2, 0.25) is 0 Å². The molecule has 0 spiro atoms. The number of hydrogen-bond donors (Lipinski definition) is 1. The molecule has 3 rings (SSSR count). The molecule has 1 atom stereocenters. The predicted molar refractivity (Wildman–Crippen MR) is 97.9 cm³/mol. The molecule has 1 unspecified atom stereocenters. The largest absolute Gasteiger partial charge is 0.344 e. The van der Waals surface area contributed by atoms with Crippen molar-refractivity contribution in [3.05, 3.63) is 76.6 Å². The zero-order chi connectivity index (χ0) is 18.0. The number of carbonyl (C=O) groups is 1. The van der Waals surface area contributed by atoms with E-state index in [1.807, 2.05) is 62.4 Å². The number of carbonyl (C=O) groups excluding carboxylic acids is 1. The molecular formula is C20H22N4O. The maximum absolute atomic E-state index is 12.6. The van der Waals surface area contributed by atoms with E-state index >= 15 is 0 Å². The topological polar surface area (TPSA) is 59.8 Å². The maximum Gasteiger partial charge on any atom is 0.274 e. The summed E-state index contributed by atoms with van der Waals surface area (Å²) in [6, 6.07) is 15.8. The molecule has 0 aliphatic carbocycles. The second-order valence-corrected chi connectivity index (χ2v) is 6.31. The van der Waals surface area contributed by atoms with E-state index in [2.05, 4.69) is 29.5 Å². The van der Waals surface area contributed by atoms with Crippen LogP contribution in [0.15, 0.2) is 48.5 Å². The minimum Gasteiger partial charge on any atom is -0.344 e. The van der Waals surface area contributed by atoms with Crippen LogP contribution in [-0.4, -0.2) is 20.9 Å². The number of hydrogen-bond acceptors (Lipinski definition) is 3. The molecule has 2 aromatic carbocycles. The van der Waals surface area contributed by atoms with E-state index in [4.69, 9.17) is 0 Å². The van der Waals surface area contributed by atoms with Crippen LogP contribution in [-0.2, 0) is 0 Å². The number of nitrogens with zero attached hydrogens (tertiary/aromatic N) is 3. The average molecular weight is 334 g/mol. The van der Waals surface area contributed by atoms with Crippen LogP contribution in [0.4, 0.5) is 0 Å². The lowest BCUT2D eigenvalue weighted by Gasteiger charge is -2.13. The second-order valence-electron chi connectivity index (χ2n) is 6.31. The number of benzene rings is 2. The zero-order valence-corrected chi connectivity index (χ0v) is 14.9. The van der Waals surface area contributed by atoms with Crippen molar-refractivity contribution in [3.63, 3.8) is 0 Å². The quantitative estimate of drug-likeness (QED) is 0.792. The minimum atomic E-state index is -0.219. The lowest BCUT2D eigenvalue weighted by molar-refractivity contribution is 0.0934. The Morgan fingerprint density at radius 2 is 1.76 bits per heavy atom. The Hall–Kier alpha value is -2.95. The Labute approximate surface area is 147 Å². The fourth-order valence-electron chi connectivity index (χ4n) is 2.73. The number of amides is 1. The first kappa shape index (κ1) is 16.9. The summed E-state index contributed by atoms with van der Waals surface area (Å²) < 4.78 is 1.70. The first-order valence-corrected chi connectivity index (χ1v) is 8.33. The summed E-state index contributed by atoms with van der Waals surface area (Å²) in [6.45, 7) is 7.94. The molecule has 1 amide bonds. The van der Waals surface area contributed by atoms with Gasteiger partial charge in [0.1, 0.15) is 0 Å². The van der Waals surface area contributed by atoms with Crippen molar-refractivity contribution in [2.45, 2.75) is 33.7 Å². The SMILES string of the molecule is Cc1ccc(-n2nnc(C(=O)NC(C)c3ccccc3)c2C)cc1C. The molecule has 1 aromatic heterocycles. The normalized spacial score (nSPS) is 12.0. The summed E-state index contributed by atoms with van der Waals surface area (Å²) in [6.07, 6.45) is 0. The van der Waals surface area contributed by atoms with Crippen LogP contribution in [0.25, 0.3) is 5.69 Å². The van der Waals surface area contributed by atoms with Crippen LogP contribution >= 0.6 is 0 Å². The molecule has 0 saturated heterocycles. The Bertz CT molecular complexity index is 899. The van der Waals surface area contributed by atoms with Gasteiger partial charge < -0.3 is 5.32 Å². The molecule has 1 N–H and O–H groups in total. The first-order chi connectivity index (χ1) is 12.0. The number of rotatable bonds is 4. The van der Waals surface area contributed by atoms with Crippen LogP contribution in [0.5, 0.6) is 0 Å². The van der Waals surface area contributed by atoms with E-state index < -0.39 is 0 Å². The number of aryl methyl sites for hydroxylation is 2. The van der Waals surface area contributed by atoms with Gasteiger partial charge in [-0.2, -0.15) is 0 Å². The van der Waals surface area contributed by atoms with Gasteiger partial charge in [0.15, 0.2) is 5.69 Å². The van der Waals surface area contributed by atoms with Gasteiger partial charge >= 0.3 is 0 Å². The molecule has 128 valence electrons. The predicted octanol–water partition coefficient (Wildman–Crippen LogP) is 3.68. The average Bonchev–Trinajstić information content (AvgIpc) is 2.99.